The Kier molecular flexibility index (Phi) is 5.60. The van der Waals surface area contributed by atoms with E-state index in [1.54, 1.807) is 0 Å². The molecule has 2 aromatic carbocycles. The first-order valence-electron chi connectivity index (χ1n) is 8.40. The van der Waals surface area contributed by atoms with Gasteiger partial charge in [-0.3, -0.25) is 0 Å². The number of rotatable bonds is 7. The Morgan fingerprint density at radius 1 is 0.818 bits per heavy atom. The van der Waals surface area contributed by atoms with Gasteiger partial charge < -0.3 is 0 Å². The lowest BCUT2D eigenvalue weighted by molar-refractivity contribution is 0.255. The zero-order valence-corrected chi connectivity index (χ0v) is 14.1. The second-order valence-corrected chi connectivity index (χ2v) is 6.31. The molecule has 22 heavy (non-hydrogen) atoms. The summed E-state index contributed by atoms with van der Waals surface area (Å²) >= 11 is 0. The SMILES string of the molecule is C=CC(C)(C(CC)c1ccccc1)C(CC)c1ccccc1. The molecule has 0 aliphatic rings. The van der Waals surface area contributed by atoms with Crippen molar-refractivity contribution in [1.82, 2.24) is 0 Å². The predicted octanol–water partition coefficient (Wildman–Crippen LogP) is 6.57. The van der Waals surface area contributed by atoms with Gasteiger partial charge in [-0.1, -0.05) is 87.5 Å². The fraction of sp³-hybridized carbons (Fsp3) is 0.364. The molecule has 0 aliphatic heterocycles. The first-order valence-corrected chi connectivity index (χ1v) is 8.40. The van der Waals surface area contributed by atoms with Gasteiger partial charge >= 0.3 is 0 Å². The van der Waals surface area contributed by atoms with E-state index in [1.165, 1.54) is 11.1 Å². The maximum Gasteiger partial charge on any atom is -0.00122 e. The largest absolute Gasteiger partial charge is 0.102 e. The van der Waals surface area contributed by atoms with Gasteiger partial charge in [-0.2, -0.15) is 0 Å². The maximum absolute atomic E-state index is 4.22. The van der Waals surface area contributed by atoms with Crippen LogP contribution in [0.4, 0.5) is 0 Å². The lowest BCUT2D eigenvalue weighted by Crippen LogP contribution is -2.30. The zero-order chi connectivity index (χ0) is 16.0. The van der Waals surface area contributed by atoms with E-state index in [0.717, 1.165) is 12.8 Å². The molecule has 2 unspecified atom stereocenters. The fourth-order valence-corrected chi connectivity index (χ4v) is 3.97. The topological polar surface area (TPSA) is 0 Å². The number of allylic oxidation sites excluding steroid dienone is 1. The van der Waals surface area contributed by atoms with E-state index in [1.807, 2.05) is 0 Å². The molecule has 0 amide bonds. The summed E-state index contributed by atoms with van der Waals surface area (Å²) in [5.74, 6) is 0.965. The van der Waals surface area contributed by atoms with Crippen molar-refractivity contribution >= 4 is 0 Å². The standard InChI is InChI=1S/C22H28/c1-5-20(18-14-10-8-11-15-18)22(4,7-3)21(6-2)19-16-12-9-13-17-19/h7-17,20-21H,3,5-6H2,1-2,4H3. The van der Waals surface area contributed by atoms with Crippen LogP contribution in [0.25, 0.3) is 0 Å². The van der Waals surface area contributed by atoms with E-state index in [9.17, 15) is 0 Å². The summed E-state index contributed by atoms with van der Waals surface area (Å²) in [6, 6.07) is 21.8. The zero-order valence-electron chi connectivity index (χ0n) is 14.1. The highest BCUT2D eigenvalue weighted by molar-refractivity contribution is 5.30. The molecule has 0 saturated carbocycles. The van der Waals surface area contributed by atoms with Gasteiger partial charge in [-0.25, -0.2) is 0 Å². The molecule has 116 valence electrons. The highest BCUT2D eigenvalue weighted by atomic mass is 14.4. The molecule has 0 saturated heterocycles. The van der Waals surface area contributed by atoms with Crippen molar-refractivity contribution in [3.8, 4) is 0 Å². The summed E-state index contributed by atoms with van der Waals surface area (Å²) in [6.07, 6.45) is 4.43. The van der Waals surface area contributed by atoms with Gasteiger partial charge in [-0.15, -0.1) is 6.58 Å². The molecular weight excluding hydrogens is 264 g/mol. The summed E-state index contributed by atoms with van der Waals surface area (Å²) in [7, 11) is 0. The van der Waals surface area contributed by atoms with Crippen molar-refractivity contribution in [3.05, 3.63) is 84.4 Å². The van der Waals surface area contributed by atoms with Crippen molar-refractivity contribution < 1.29 is 0 Å². The normalized spacial score (nSPS) is 16.5. The molecule has 0 spiro atoms. The van der Waals surface area contributed by atoms with Gasteiger partial charge in [0.25, 0.3) is 0 Å². The lowest BCUT2D eigenvalue weighted by Gasteiger charge is -2.42. The average Bonchev–Trinajstić information content (AvgIpc) is 2.58. The monoisotopic (exact) mass is 292 g/mol. The molecule has 0 fully saturated rings. The molecule has 0 nitrogen and oxygen atoms in total. The van der Waals surface area contributed by atoms with Crippen LogP contribution in [0.3, 0.4) is 0 Å². The number of benzene rings is 2. The van der Waals surface area contributed by atoms with Crippen molar-refractivity contribution in [2.45, 2.75) is 45.4 Å². The molecule has 0 heteroatoms. The Morgan fingerprint density at radius 3 is 1.45 bits per heavy atom. The third kappa shape index (κ3) is 3.16. The van der Waals surface area contributed by atoms with E-state index in [0.29, 0.717) is 11.8 Å². The summed E-state index contributed by atoms with van der Waals surface area (Å²) in [5, 5.41) is 0. The van der Waals surface area contributed by atoms with Gasteiger partial charge in [0, 0.05) is 0 Å². The van der Waals surface area contributed by atoms with Crippen LogP contribution in [0.1, 0.15) is 56.6 Å². The van der Waals surface area contributed by atoms with Crippen LogP contribution in [0.15, 0.2) is 73.3 Å². The minimum atomic E-state index is 0.0478. The molecular formula is C22H28. The van der Waals surface area contributed by atoms with Gasteiger partial charge in [0.2, 0.25) is 0 Å². The van der Waals surface area contributed by atoms with Gasteiger partial charge in [0.05, 0.1) is 0 Å². The second kappa shape index (κ2) is 7.45. The van der Waals surface area contributed by atoms with E-state index in [-0.39, 0.29) is 5.41 Å². The van der Waals surface area contributed by atoms with E-state index >= 15 is 0 Å². The summed E-state index contributed by atoms with van der Waals surface area (Å²) in [6.45, 7) is 11.2. The van der Waals surface area contributed by atoms with Crippen LogP contribution in [0.5, 0.6) is 0 Å². The minimum Gasteiger partial charge on any atom is -0.102 e. The second-order valence-electron chi connectivity index (χ2n) is 6.31. The minimum absolute atomic E-state index is 0.0478. The van der Waals surface area contributed by atoms with Crippen molar-refractivity contribution in [1.29, 1.82) is 0 Å². The van der Waals surface area contributed by atoms with E-state index in [4.69, 9.17) is 0 Å². The Bertz CT molecular complexity index is 520. The molecule has 0 heterocycles. The average molecular weight is 292 g/mol. The van der Waals surface area contributed by atoms with Crippen molar-refractivity contribution in [2.75, 3.05) is 0 Å². The molecule has 0 N–H and O–H groups in total. The van der Waals surface area contributed by atoms with Crippen LogP contribution in [-0.2, 0) is 0 Å². The number of hydrogen-bond acceptors (Lipinski definition) is 0. The summed E-state index contributed by atoms with van der Waals surface area (Å²) < 4.78 is 0. The van der Waals surface area contributed by atoms with Crippen molar-refractivity contribution in [3.63, 3.8) is 0 Å². The Balaban J connectivity index is 2.47. The van der Waals surface area contributed by atoms with E-state index < -0.39 is 0 Å². The lowest BCUT2D eigenvalue weighted by atomic mass is 9.62. The highest BCUT2D eigenvalue weighted by Gasteiger charge is 2.38. The predicted molar refractivity (Wildman–Crippen MR) is 97.3 cm³/mol. The van der Waals surface area contributed by atoms with Gasteiger partial charge in [0.1, 0.15) is 0 Å². The number of hydrogen-bond donors (Lipinski definition) is 0. The van der Waals surface area contributed by atoms with Crippen LogP contribution < -0.4 is 0 Å². The van der Waals surface area contributed by atoms with E-state index in [2.05, 4.69) is 94.1 Å². The molecule has 0 bridgehead atoms. The quantitative estimate of drug-likeness (QED) is 0.506. The molecule has 2 aromatic rings. The van der Waals surface area contributed by atoms with Gasteiger partial charge in [-0.05, 0) is 41.2 Å². The third-order valence-electron chi connectivity index (χ3n) is 5.16. The molecule has 0 radical (unpaired) electrons. The summed E-state index contributed by atoms with van der Waals surface area (Å²) in [5.41, 5.74) is 2.88. The van der Waals surface area contributed by atoms with Crippen LogP contribution in [-0.4, -0.2) is 0 Å². The molecule has 0 aromatic heterocycles. The van der Waals surface area contributed by atoms with Crippen molar-refractivity contribution in [2.24, 2.45) is 5.41 Å². The first-order chi connectivity index (χ1) is 10.7. The first kappa shape index (κ1) is 16.5. The molecule has 0 aliphatic carbocycles. The molecule has 2 rings (SSSR count). The van der Waals surface area contributed by atoms with Crippen LogP contribution in [0, 0.1) is 5.41 Å². The highest BCUT2D eigenvalue weighted by Crippen LogP contribution is 2.50. The van der Waals surface area contributed by atoms with Crippen LogP contribution in [0.2, 0.25) is 0 Å². The summed E-state index contributed by atoms with van der Waals surface area (Å²) in [4.78, 5) is 0. The van der Waals surface area contributed by atoms with Crippen LogP contribution >= 0.6 is 0 Å². The third-order valence-corrected chi connectivity index (χ3v) is 5.16. The van der Waals surface area contributed by atoms with Gasteiger partial charge in [0.15, 0.2) is 0 Å². The smallest absolute Gasteiger partial charge is 0.00122 e. The maximum atomic E-state index is 4.22. The Hall–Kier alpha value is -1.82. The molecule has 2 atom stereocenters. The Labute approximate surface area is 135 Å². The Morgan fingerprint density at radius 2 is 1.18 bits per heavy atom. The fourth-order valence-electron chi connectivity index (χ4n) is 3.97.